The number of carbonyl (C=O) groups is 2. The van der Waals surface area contributed by atoms with Crippen molar-refractivity contribution in [2.24, 2.45) is 5.92 Å². The van der Waals surface area contributed by atoms with Crippen LogP contribution in [0.5, 0.6) is 5.75 Å². The lowest BCUT2D eigenvalue weighted by molar-refractivity contribution is -0.128. The third-order valence-electron chi connectivity index (χ3n) is 4.62. The molecule has 1 saturated carbocycles. The molecule has 1 N–H and O–H groups in total. The van der Waals surface area contributed by atoms with Crippen molar-refractivity contribution in [3.63, 3.8) is 0 Å². The van der Waals surface area contributed by atoms with Gasteiger partial charge < -0.3 is 10.1 Å². The zero-order valence-electron chi connectivity index (χ0n) is 14.3. The Morgan fingerprint density at radius 1 is 1.22 bits per heavy atom. The highest BCUT2D eigenvalue weighted by atomic mass is 16.5. The lowest BCUT2D eigenvalue weighted by Gasteiger charge is -2.30. The topological polar surface area (TPSA) is 55.4 Å². The maximum absolute atomic E-state index is 12.3. The van der Waals surface area contributed by atoms with Crippen LogP contribution in [0, 0.1) is 5.92 Å². The molecule has 0 spiro atoms. The van der Waals surface area contributed by atoms with E-state index in [9.17, 15) is 9.59 Å². The van der Waals surface area contributed by atoms with E-state index in [1.165, 1.54) is 19.3 Å². The Morgan fingerprint density at radius 2 is 1.87 bits per heavy atom. The second-order valence-corrected chi connectivity index (χ2v) is 6.44. The van der Waals surface area contributed by atoms with Crippen LogP contribution < -0.4 is 10.1 Å². The first-order valence-corrected chi connectivity index (χ1v) is 8.61. The van der Waals surface area contributed by atoms with Crippen LogP contribution in [-0.4, -0.2) is 23.8 Å². The maximum atomic E-state index is 12.3. The summed E-state index contributed by atoms with van der Waals surface area (Å²) in [5.74, 6) is 1.17. The van der Waals surface area contributed by atoms with E-state index >= 15 is 0 Å². The number of nitrogens with one attached hydrogen (secondary N) is 1. The fourth-order valence-corrected chi connectivity index (χ4v) is 3.01. The van der Waals surface area contributed by atoms with E-state index in [2.05, 4.69) is 12.2 Å². The van der Waals surface area contributed by atoms with Crippen LogP contribution in [0.2, 0.25) is 0 Å². The van der Waals surface area contributed by atoms with Gasteiger partial charge in [0, 0.05) is 18.0 Å². The van der Waals surface area contributed by atoms with Gasteiger partial charge in [-0.3, -0.25) is 9.59 Å². The Morgan fingerprint density at radius 3 is 2.48 bits per heavy atom. The number of hydrogen-bond acceptors (Lipinski definition) is 3. The number of Topliss-reactive ketones (excluding diaryl/α,β-unsaturated/α-hetero) is 1. The van der Waals surface area contributed by atoms with Crippen molar-refractivity contribution in [3.05, 3.63) is 29.8 Å². The summed E-state index contributed by atoms with van der Waals surface area (Å²) < 4.78 is 5.70. The van der Waals surface area contributed by atoms with Crippen molar-refractivity contribution in [2.75, 3.05) is 0 Å². The van der Waals surface area contributed by atoms with Crippen LogP contribution in [0.1, 0.15) is 63.2 Å². The molecule has 0 unspecified atom stereocenters. The van der Waals surface area contributed by atoms with Crippen LogP contribution in [0.4, 0.5) is 0 Å². The Balaban J connectivity index is 1.89. The van der Waals surface area contributed by atoms with Crippen molar-refractivity contribution < 1.29 is 14.3 Å². The van der Waals surface area contributed by atoms with Crippen LogP contribution >= 0.6 is 0 Å². The van der Waals surface area contributed by atoms with E-state index in [0.717, 1.165) is 6.42 Å². The average Bonchev–Trinajstić information content (AvgIpc) is 2.56. The molecule has 0 radical (unpaired) electrons. The Kier molecular flexibility index (Phi) is 6.20. The quantitative estimate of drug-likeness (QED) is 0.813. The molecule has 1 fully saturated rings. The van der Waals surface area contributed by atoms with Crippen molar-refractivity contribution in [3.8, 4) is 5.75 Å². The molecule has 0 aromatic heterocycles. The first-order chi connectivity index (χ1) is 11.0. The SMILES string of the molecule is CCC(=O)c1ccc(O[C@@H](C)C(=O)N[C@H]2CCCC[C@@H]2C)cc1. The standard InChI is InChI=1S/C19H27NO3/c1-4-18(21)15-9-11-16(12-10-15)23-14(3)19(22)20-17-8-6-5-7-13(17)2/h9-14,17H,4-8H2,1-3H3,(H,20,22)/t13-,14-,17-/m0/s1. The smallest absolute Gasteiger partial charge is 0.261 e. The van der Waals surface area contributed by atoms with Crippen molar-refractivity contribution in [1.29, 1.82) is 0 Å². The van der Waals surface area contributed by atoms with E-state index in [0.29, 0.717) is 23.7 Å². The highest BCUT2D eigenvalue weighted by Crippen LogP contribution is 2.24. The first-order valence-electron chi connectivity index (χ1n) is 8.61. The minimum atomic E-state index is -0.545. The van der Waals surface area contributed by atoms with Gasteiger partial charge in [0.15, 0.2) is 11.9 Å². The van der Waals surface area contributed by atoms with Gasteiger partial charge in [-0.25, -0.2) is 0 Å². The highest BCUT2D eigenvalue weighted by Gasteiger charge is 2.25. The van der Waals surface area contributed by atoms with Gasteiger partial charge >= 0.3 is 0 Å². The number of hydrogen-bond donors (Lipinski definition) is 1. The number of carbonyl (C=O) groups excluding carboxylic acids is 2. The second kappa shape index (κ2) is 8.14. The molecule has 0 saturated heterocycles. The third-order valence-corrected chi connectivity index (χ3v) is 4.62. The largest absolute Gasteiger partial charge is 0.481 e. The normalized spacial score (nSPS) is 22.2. The van der Waals surface area contributed by atoms with Gasteiger partial charge in [0.25, 0.3) is 5.91 Å². The van der Waals surface area contributed by atoms with Crippen LogP contribution in [0.15, 0.2) is 24.3 Å². The monoisotopic (exact) mass is 317 g/mol. The molecular formula is C19H27NO3. The van der Waals surface area contributed by atoms with Gasteiger partial charge in [-0.1, -0.05) is 26.7 Å². The van der Waals surface area contributed by atoms with Crippen molar-refractivity contribution >= 4 is 11.7 Å². The van der Waals surface area contributed by atoms with E-state index in [1.807, 2.05) is 6.92 Å². The predicted molar refractivity (Wildman–Crippen MR) is 90.7 cm³/mol. The van der Waals surface area contributed by atoms with Crippen LogP contribution in [-0.2, 0) is 4.79 Å². The lowest BCUT2D eigenvalue weighted by Crippen LogP contribution is -2.46. The number of ketones is 1. The molecule has 0 bridgehead atoms. The van der Waals surface area contributed by atoms with E-state index < -0.39 is 6.10 Å². The molecule has 4 heteroatoms. The molecule has 1 aromatic rings. The zero-order valence-corrected chi connectivity index (χ0v) is 14.3. The molecule has 0 aliphatic heterocycles. The summed E-state index contributed by atoms with van der Waals surface area (Å²) >= 11 is 0. The summed E-state index contributed by atoms with van der Waals surface area (Å²) in [6.07, 6.45) is 4.59. The zero-order chi connectivity index (χ0) is 16.8. The molecule has 0 heterocycles. The summed E-state index contributed by atoms with van der Waals surface area (Å²) in [6, 6.07) is 7.24. The number of ether oxygens (including phenoxy) is 1. The van der Waals surface area contributed by atoms with Gasteiger partial charge in [-0.15, -0.1) is 0 Å². The average molecular weight is 317 g/mol. The number of rotatable bonds is 6. The Hall–Kier alpha value is -1.84. The summed E-state index contributed by atoms with van der Waals surface area (Å²) in [5.41, 5.74) is 0.674. The predicted octanol–water partition coefficient (Wildman–Crippen LogP) is 3.74. The van der Waals surface area contributed by atoms with Crippen molar-refractivity contribution in [2.45, 2.75) is 65.0 Å². The van der Waals surface area contributed by atoms with E-state index in [1.54, 1.807) is 31.2 Å². The summed E-state index contributed by atoms with van der Waals surface area (Å²) in [4.78, 5) is 23.9. The highest BCUT2D eigenvalue weighted by molar-refractivity contribution is 5.95. The Labute approximate surface area is 138 Å². The first kappa shape index (κ1) is 17.5. The lowest BCUT2D eigenvalue weighted by atomic mass is 9.86. The maximum Gasteiger partial charge on any atom is 0.261 e. The summed E-state index contributed by atoms with van der Waals surface area (Å²) in [5, 5.41) is 3.11. The number of amides is 1. The van der Waals surface area contributed by atoms with Gasteiger partial charge in [-0.2, -0.15) is 0 Å². The molecule has 1 aliphatic carbocycles. The van der Waals surface area contributed by atoms with E-state index in [-0.39, 0.29) is 17.7 Å². The molecular weight excluding hydrogens is 290 g/mol. The molecule has 1 aliphatic rings. The van der Waals surface area contributed by atoms with Crippen LogP contribution in [0.3, 0.4) is 0 Å². The minimum Gasteiger partial charge on any atom is -0.481 e. The third kappa shape index (κ3) is 4.81. The summed E-state index contributed by atoms with van der Waals surface area (Å²) in [7, 11) is 0. The van der Waals surface area contributed by atoms with Crippen LogP contribution in [0.25, 0.3) is 0 Å². The molecule has 1 aromatic carbocycles. The molecule has 3 atom stereocenters. The second-order valence-electron chi connectivity index (χ2n) is 6.44. The number of benzene rings is 1. The van der Waals surface area contributed by atoms with Gasteiger partial charge in [0.05, 0.1) is 0 Å². The molecule has 1 amide bonds. The van der Waals surface area contributed by atoms with E-state index in [4.69, 9.17) is 4.74 Å². The van der Waals surface area contributed by atoms with Gasteiger partial charge in [0.2, 0.25) is 0 Å². The Bertz CT molecular complexity index is 538. The molecule has 126 valence electrons. The minimum absolute atomic E-state index is 0.0718. The van der Waals surface area contributed by atoms with Gasteiger partial charge in [0.1, 0.15) is 5.75 Å². The van der Waals surface area contributed by atoms with Crippen molar-refractivity contribution in [1.82, 2.24) is 5.32 Å². The summed E-state index contributed by atoms with van der Waals surface area (Å²) in [6.45, 7) is 5.79. The molecule has 2 rings (SSSR count). The fourth-order valence-electron chi connectivity index (χ4n) is 3.01. The molecule has 23 heavy (non-hydrogen) atoms. The van der Waals surface area contributed by atoms with Gasteiger partial charge in [-0.05, 0) is 49.9 Å². The fraction of sp³-hybridized carbons (Fsp3) is 0.579. The molecule has 4 nitrogen and oxygen atoms in total.